The molecule has 0 aliphatic carbocycles. The molecule has 1 amide bonds. The van der Waals surface area contributed by atoms with E-state index in [1.54, 1.807) is 0 Å². The first kappa shape index (κ1) is 11.6. The third-order valence-electron chi connectivity index (χ3n) is 3.68. The molecule has 16 heavy (non-hydrogen) atoms. The molecule has 90 valence electrons. The van der Waals surface area contributed by atoms with Crippen molar-refractivity contribution in [3.05, 3.63) is 12.7 Å². The molecule has 0 aromatic rings. The van der Waals surface area contributed by atoms with Crippen LogP contribution in [0.15, 0.2) is 12.7 Å². The normalized spacial score (nSPS) is 35.6. The van der Waals surface area contributed by atoms with E-state index in [0.29, 0.717) is 25.3 Å². The summed E-state index contributed by atoms with van der Waals surface area (Å²) in [4.78, 5) is 11.0. The highest BCUT2D eigenvalue weighted by Gasteiger charge is 2.46. The predicted molar refractivity (Wildman–Crippen MR) is 61.7 cm³/mol. The van der Waals surface area contributed by atoms with E-state index in [-0.39, 0.29) is 16.4 Å². The molecule has 5 heteroatoms. The summed E-state index contributed by atoms with van der Waals surface area (Å²) in [6, 6.07) is 0. The fraction of sp³-hybridized carbons (Fsp3) is 0.727. The summed E-state index contributed by atoms with van der Waals surface area (Å²) in [7, 11) is -2.84. The van der Waals surface area contributed by atoms with Crippen molar-refractivity contribution < 1.29 is 13.2 Å². The molecule has 2 aliphatic rings. The fourth-order valence-corrected chi connectivity index (χ4v) is 5.35. The Labute approximate surface area is 96.0 Å². The van der Waals surface area contributed by atoms with E-state index in [9.17, 15) is 13.2 Å². The maximum Gasteiger partial charge on any atom is 0.243 e. The quantitative estimate of drug-likeness (QED) is 0.740. The van der Waals surface area contributed by atoms with E-state index in [1.807, 2.05) is 0 Å². The van der Waals surface area contributed by atoms with Gasteiger partial charge >= 0.3 is 0 Å². The molecule has 0 aromatic heterocycles. The van der Waals surface area contributed by atoms with E-state index >= 15 is 0 Å². The summed E-state index contributed by atoms with van der Waals surface area (Å²) >= 11 is 0. The standard InChI is InChI=1S/C11H17NO3S/c1-2-11(13)12-7-8-5-9-3-4-10(6-8)16(9,14)15/h2,8-10H,1,3-7H2,(H,12,13). The number of rotatable bonds is 3. The van der Waals surface area contributed by atoms with Gasteiger partial charge in [0.1, 0.15) is 0 Å². The van der Waals surface area contributed by atoms with Gasteiger partial charge in [-0.2, -0.15) is 0 Å². The van der Waals surface area contributed by atoms with E-state index in [2.05, 4.69) is 11.9 Å². The second kappa shape index (κ2) is 4.20. The van der Waals surface area contributed by atoms with Crippen LogP contribution < -0.4 is 5.32 Å². The molecule has 2 heterocycles. The Morgan fingerprint density at radius 3 is 2.38 bits per heavy atom. The largest absolute Gasteiger partial charge is 0.352 e. The first-order valence-corrected chi connectivity index (χ1v) is 7.28. The molecule has 4 nitrogen and oxygen atoms in total. The molecule has 1 N–H and O–H groups in total. The number of amides is 1. The molecule has 2 fully saturated rings. The summed E-state index contributed by atoms with van der Waals surface area (Å²) in [6.07, 6.45) is 4.26. The summed E-state index contributed by atoms with van der Waals surface area (Å²) in [5.74, 6) is 0.130. The number of hydrogen-bond donors (Lipinski definition) is 1. The molecule has 2 atom stereocenters. The van der Waals surface area contributed by atoms with Crippen molar-refractivity contribution in [3.63, 3.8) is 0 Å². The minimum absolute atomic E-state index is 0.156. The predicted octanol–water partition coefficient (Wildman–Crippen LogP) is 0.644. The Kier molecular flexibility index (Phi) is 3.06. The van der Waals surface area contributed by atoms with E-state index in [0.717, 1.165) is 12.8 Å². The lowest BCUT2D eigenvalue weighted by atomic mass is 9.99. The van der Waals surface area contributed by atoms with Crippen LogP contribution in [-0.2, 0) is 14.6 Å². The van der Waals surface area contributed by atoms with Crippen LogP contribution in [0.4, 0.5) is 0 Å². The van der Waals surface area contributed by atoms with Crippen molar-refractivity contribution >= 4 is 15.7 Å². The third kappa shape index (κ3) is 2.00. The van der Waals surface area contributed by atoms with Gasteiger partial charge in [0, 0.05) is 6.54 Å². The van der Waals surface area contributed by atoms with Gasteiger partial charge in [0.25, 0.3) is 0 Å². The lowest BCUT2D eigenvalue weighted by molar-refractivity contribution is -0.116. The zero-order chi connectivity index (χ0) is 11.8. The van der Waals surface area contributed by atoms with Crippen LogP contribution in [0.3, 0.4) is 0 Å². The van der Waals surface area contributed by atoms with Crippen molar-refractivity contribution in [2.45, 2.75) is 36.2 Å². The molecule has 0 saturated carbocycles. The van der Waals surface area contributed by atoms with Gasteiger partial charge in [-0.25, -0.2) is 8.42 Å². The maximum atomic E-state index is 11.8. The van der Waals surface area contributed by atoms with Crippen LogP contribution in [0.1, 0.15) is 25.7 Å². The SMILES string of the molecule is C=CC(=O)NCC1CC2CCC(C1)S2(=O)=O. The minimum Gasteiger partial charge on any atom is -0.352 e. The van der Waals surface area contributed by atoms with Crippen molar-refractivity contribution in [2.24, 2.45) is 5.92 Å². The zero-order valence-electron chi connectivity index (χ0n) is 9.19. The van der Waals surface area contributed by atoms with Crippen LogP contribution in [0, 0.1) is 5.92 Å². The molecule has 2 aliphatic heterocycles. The van der Waals surface area contributed by atoms with E-state index in [4.69, 9.17) is 0 Å². The number of hydrogen-bond acceptors (Lipinski definition) is 3. The summed E-state index contributed by atoms with van der Waals surface area (Å²) < 4.78 is 23.6. The van der Waals surface area contributed by atoms with Gasteiger partial charge in [-0.1, -0.05) is 6.58 Å². The minimum atomic E-state index is -2.84. The molecule has 2 unspecified atom stereocenters. The molecule has 2 rings (SSSR count). The second-order valence-electron chi connectivity index (χ2n) is 4.70. The Morgan fingerprint density at radius 2 is 1.88 bits per heavy atom. The molecule has 2 saturated heterocycles. The van der Waals surface area contributed by atoms with Gasteiger partial charge in [-0.3, -0.25) is 4.79 Å². The van der Waals surface area contributed by atoms with Gasteiger partial charge < -0.3 is 5.32 Å². The lowest BCUT2D eigenvalue weighted by Crippen LogP contribution is -2.38. The first-order valence-electron chi connectivity index (χ1n) is 5.67. The van der Waals surface area contributed by atoms with Crippen LogP contribution >= 0.6 is 0 Å². The topological polar surface area (TPSA) is 63.2 Å². The zero-order valence-corrected chi connectivity index (χ0v) is 10.0. The molecular formula is C11H17NO3S. The van der Waals surface area contributed by atoms with Crippen molar-refractivity contribution in [1.29, 1.82) is 0 Å². The summed E-state index contributed by atoms with van der Waals surface area (Å²) in [5, 5.41) is 2.44. The van der Waals surface area contributed by atoms with Crippen LogP contribution in [0.5, 0.6) is 0 Å². The van der Waals surface area contributed by atoms with Gasteiger partial charge in [0.05, 0.1) is 10.5 Å². The molecule has 2 bridgehead atoms. The summed E-state index contributed by atoms with van der Waals surface area (Å²) in [5.41, 5.74) is 0. The highest BCUT2D eigenvalue weighted by Crippen LogP contribution is 2.40. The van der Waals surface area contributed by atoms with Crippen LogP contribution in [0.25, 0.3) is 0 Å². The van der Waals surface area contributed by atoms with E-state index < -0.39 is 9.84 Å². The number of fused-ring (bicyclic) bond motifs is 2. The van der Waals surface area contributed by atoms with Gasteiger partial charge in [-0.05, 0) is 37.7 Å². The maximum absolute atomic E-state index is 11.8. The monoisotopic (exact) mass is 243 g/mol. The van der Waals surface area contributed by atoms with Crippen molar-refractivity contribution in [3.8, 4) is 0 Å². The molecule has 0 aromatic carbocycles. The van der Waals surface area contributed by atoms with Crippen molar-refractivity contribution in [1.82, 2.24) is 5.32 Å². The molecular weight excluding hydrogens is 226 g/mol. The van der Waals surface area contributed by atoms with Crippen molar-refractivity contribution in [2.75, 3.05) is 6.54 Å². The van der Waals surface area contributed by atoms with E-state index in [1.165, 1.54) is 6.08 Å². The molecule has 0 radical (unpaired) electrons. The van der Waals surface area contributed by atoms with Gasteiger partial charge in [0.2, 0.25) is 5.91 Å². The van der Waals surface area contributed by atoms with Crippen LogP contribution in [-0.4, -0.2) is 31.4 Å². The third-order valence-corrected chi connectivity index (χ3v) is 6.40. The highest BCUT2D eigenvalue weighted by atomic mass is 32.2. The Hall–Kier alpha value is -0.840. The smallest absolute Gasteiger partial charge is 0.243 e. The highest BCUT2D eigenvalue weighted by molar-refractivity contribution is 7.93. The first-order chi connectivity index (χ1) is 7.54. The average molecular weight is 243 g/mol. The Balaban J connectivity index is 1.93. The Morgan fingerprint density at radius 1 is 1.31 bits per heavy atom. The number of sulfone groups is 1. The summed E-state index contributed by atoms with van der Waals surface area (Å²) in [6.45, 7) is 3.96. The molecule has 0 spiro atoms. The Bertz CT molecular complexity index is 381. The number of nitrogens with one attached hydrogen (secondary N) is 1. The average Bonchev–Trinajstić information content (AvgIpc) is 2.47. The van der Waals surface area contributed by atoms with Gasteiger partial charge in [0.15, 0.2) is 9.84 Å². The lowest BCUT2D eigenvalue weighted by Gasteiger charge is -2.27. The number of carbonyl (C=O) groups is 1. The van der Waals surface area contributed by atoms with Gasteiger partial charge in [-0.15, -0.1) is 0 Å². The second-order valence-corrected chi connectivity index (χ2v) is 7.21. The number of carbonyl (C=O) groups excluding carboxylic acids is 1. The fourth-order valence-electron chi connectivity index (χ4n) is 2.80. The van der Waals surface area contributed by atoms with Crippen LogP contribution in [0.2, 0.25) is 0 Å².